The van der Waals surface area contributed by atoms with E-state index in [0.29, 0.717) is 39.7 Å². The molecular formula is C24H27BrClN3O2. The normalized spacial score (nSPS) is 13.1. The van der Waals surface area contributed by atoms with Crippen molar-refractivity contribution in [2.24, 2.45) is 10.5 Å². The maximum Gasteiger partial charge on any atom is 0.282 e. The van der Waals surface area contributed by atoms with Crippen molar-refractivity contribution in [1.82, 2.24) is 9.66 Å². The number of hydrogen-bond donors (Lipinski definition) is 0. The minimum atomic E-state index is -0.211. The molecule has 1 aromatic heterocycles. The summed E-state index contributed by atoms with van der Waals surface area (Å²) in [5.41, 5.74) is 1.15. The second-order valence-corrected chi connectivity index (χ2v) is 10.2. The van der Waals surface area contributed by atoms with Gasteiger partial charge in [0.25, 0.3) is 5.56 Å². The number of benzene rings is 2. The van der Waals surface area contributed by atoms with Crippen molar-refractivity contribution in [1.29, 1.82) is 0 Å². The molecule has 0 radical (unpaired) electrons. The van der Waals surface area contributed by atoms with Crippen LogP contribution in [0.4, 0.5) is 0 Å². The van der Waals surface area contributed by atoms with Crippen LogP contribution in [0.1, 0.15) is 58.3 Å². The molecule has 0 aliphatic rings. The second kappa shape index (κ2) is 9.53. The van der Waals surface area contributed by atoms with E-state index in [1.54, 1.807) is 24.4 Å². The SMILES string of the molecule is CC[C@H](C)c1nc2ccc(Br)cc2c(=O)n1N=Cc1cc(Cl)ccc1OCC(C)(C)C. The first-order valence-electron chi connectivity index (χ1n) is 10.3. The summed E-state index contributed by atoms with van der Waals surface area (Å²) < 4.78 is 8.21. The molecule has 0 fully saturated rings. The van der Waals surface area contributed by atoms with Crippen molar-refractivity contribution in [3.8, 4) is 5.75 Å². The van der Waals surface area contributed by atoms with Crippen molar-refractivity contribution >= 4 is 44.6 Å². The lowest BCUT2D eigenvalue weighted by molar-refractivity contribution is 0.197. The fourth-order valence-electron chi connectivity index (χ4n) is 2.94. The predicted molar refractivity (Wildman–Crippen MR) is 132 cm³/mol. The first-order valence-corrected chi connectivity index (χ1v) is 11.4. The summed E-state index contributed by atoms with van der Waals surface area (Å²) in [4.78, 5) is 18.0. The first kappa shape index (κ1) is 23.5. The van der Waals surface area contributed by atoms with Crippen molar-refractivity contribution in [3.63, 3.8) is 0 Å². The Labute approximate surface area is 196 Å². The molecule has 7 heteroatoms. The molecule has 0 aliphatic carbocycles. The van der Waals surface area contributed by atoms with Crippen LogP contribution >= 0.6 is 27.5 Å². The maximum atomic E-state index is 13.3. The van der Waals surface area contributed by atoms with Gasteiger partial charge in [0, 0.05) is 21.0 Å². The summed E-state index contributed by atoms with van der Waals surface area (Å²) in [6, 6.07) is 10.9. The van der Waals surface area contributed by atoms with Crippen molar-refractivity contribution < 1.29 is 4.74 Å². The van der Waals surface area contributed by atoms with Gasteiger partial charge in [0.1, 0.15) is 11.6 Å². The van der Waals surface area contributed by atoms with Gasteiger partial charge in [-0.3, -0.25) is 4.79 Å². The molecular weight excluding hydrogens is 478 g/mol. The van der Waals surface area contributed by atoms with Crippen LogP contribution in [0, 0.1) is 5.41 Å². The van der Waals surface area contributed by atoms with Crippen LogP contribution < -0.4 is 10.3 Å². The number of hydrogen-bond acceptors (Lipinski definition) is 4. The first-order chi connectivity index (χ1) is 14.6. The molecule has 0 aliphatic heterocycles. The molecule has 0 unspecified atom stereocenters. The number of nitrogens with zero attached hydrogens (tertiary/aromatic N) is 3. The summed E-state index contributed by atoms with van der Waals surface area (Å²) in [5, 5.41) is 5.61. The van der Waals surface area contributed by atoms with E-state index >= 15 is 0 Å². The molecule has 0 saturated carbocycles. The van der Waals surface area contributed by atoms with Crippen LogP contribution in [0.3, 0.4) is 0 Å². The highest BCUT2D eigenvalue weighted by Crippen LogP contribution is 2.25. The lowest BCUT2D eigenvalue weighted by Crippen LogP contribution is -2.23. The van der Waals surface area contributed by atoms with Gasteiger partial charge in [0.2, 0.25) is 0 Å². The molecule has 0 spiro atoms. The van der Waals surface area contributed by atoms with Crippen molar-refractivity contribution in [2.75, 3.05) is 6.61 Å². The fraction of sp³-hybridized carbons (Fsp3) is 0.375. The zero-order chi connectivity index (χ0) is 22.8. The number of fused-ring (bicyclic) bond motifs is 1. The Morgan fingerprint density at radius 3 is 2.68 bits per heavy atom. The van der Waals surface area contributed by atoms with E-state index in [1.807, 2.05) is 25.1 Å². The van der Waals surface area contributed by atoms with Crippen molar-refractivity contribution in [2.45, 2.75) is 47.0 Å². The summed E-state index contributed by atoms with van der Waals surface area (Å²) in [6.45, 7) is 11.0. The van der Waals surface area contributed by atoms with Gasteiger partial charge in [0.15, 0.2) is 0 Å². The largest absolute Gasteiger partial charge is 0.492 e. The molecule has 5 nitrogen and oxygen atoms in total. The number of aromatic nitrogens is 2. The van der Waals surface area contributed by atoms with E-state index in [1.165, 1.54) is 4.68 Å². The minimum absolute atomic E-state index is 0.00433. The van der Waals surface area contributed by atoms with Gasteiger partial charge >= 0.3 is 0 Å². The Bertz CT molecular complexity index is 1180. The van der Waals surface area contributed by atoms with Crippen molar-refractivity contribution in [3.05, 3.63) is 67.6 Å². The molecule has 1 heterocycles. The molecule has 2 aromatic carbocycles. The summed E-state index contributed by atoms with van der Waals surface area (Å²) in [5.74, 6) is 1.35. The highest BCUT2D eigenvalue weighted by Gasteiger charge is 2.16. The van der Waals surface area contributed by atoms with Gasteiger partial charge in [-0.25, -0.2) is 4.98 Å². The van der Waals surface area contributed by atoms with Gasteiger partial charge in [-0.2, -0.15) is 9.78 Å². The minimum Gasteiger partial charge on any atom is -0.492 e. The zero-order valence-electron chi connectivity index (χ0n) is 18.4. The quantitative estimate of drug-likeness (QED) is 0.354. The summed E-state index contributed by atoms with van der Waals surface area (Å²) in [6.07, 6.45) is 2.45. The molecule has 1 atom stereocenters. The van der Waals surface area contributed by atoms with E-state index < -0.39 is 0 Å². The molecule has 0 bridgehead atoms. The van der Waals surface area contributed by atoms with Crippen LogP contribution in [-0.2, 0) is 0 Å². The lowest BCUT2D eigenvalue weighted by Gasteiger charge is -2.20. The third-order valence-electron chi connectivity index (χ3n) is 4.83. The third kappa shape index (κ3) is 5.74. The van der Waals surface area contributed by atoms with E-state index in [4.69, 9.17) is 21.3 Å². The van der Waals surface area contributed by atoms with Gasteiger partial charge in [-0.05, 0) is 48.2 Å². The Hall–Kier alpha value is -2.18. The van der Waals surface area contributed by atoms with Gasteiger partial charge < -0.3 is 4.74 Å². The molecule has 3 rings (SSSR count). The highest BCUT2D eigenvalue weighted by atomic mass is 79.9. The number of halogens is 2. The number of ether oxygens (including phenoxy) is 1. The zero-order valence-corrected chi connectivity index (χ0v) is 20.8. The maximum absolute atomic E-state index is 13.3. The molecule has 164 valence electrons. The van der Waals surface area contributed by atoms with Gasteiger partial charge in [-0.1, -0.05) is 62.1 Å². The summed E-state index contributed by atoms with van der Waals surface area (Å²) >= 11 is 9.65. The topological polar surface area (TPSA) is 56.5 Å². The molecule has 3 aromatic rings. The highest BCUT2D eigenvalue weighted by molar-refractivity contribution is 9.10. The van der Waals surface area contributed by atoms with E-state index in [-0.39, 0.29) is 16.9 Å². The fourth-order valence-corrected chi connectivity index (χ4v) is 3.49. The monoisotopic (exact) mass is 503 g/mol. The Balaban J connectivity index is 2.11. The molecule has 0 N–H and O–H groups in total. The van der Waals surface area contributed by atoms with Crippen LogP contribution in [0.5, 0.6) is 5.75 Å². The third-order valence-corrected chi connectivity index (χ3v) is 5.56. The van der Waals surface area contributed by atoms with Gasteiger partial charge in [0.05, 0.1) is 23.7 Å². The standard InChI is InChI=1S/C24H27BrClN3O2/c1-6-15(2)22-28-20-9-7-17(25)12-19(20)23(30)29(22)27-13-16-11-18(26)8-10-21(16)31-14-24(3,4)5/h7-13,15H,6,14H2,1-5H3/t15-/m0/s1. The Kier molecular flexibility index (Phi) is 7.22. The smallest absolute Gasteiger partial charge is 0.282 e. The molecule has 0 amide bonds. The van der Waals surface area contributed by atoms with Crippen LogP contribution in [0.2, 0.25) is 5.02 Å². The van der Waals surface area contributed by atoms with E-state index in [0.717, 1.165) is 10.9 Å². The lowest BCUT2D eigenvalue weighted by atomic mass is 9.99. The van der Waals surface area contributed by atoms with Gasteiger partial charge in [-0.15, -0.1) is 0 Å². The van der Waals surface area contributed by atoms with E-state index in [2.05, 4.69) is 48.7 Å². The van der Waals surface area contributed by atoms with Crippen LogP contribution in [0.25, 0.3) is 10.9 Å². The second-order valence-electron chi connectivity index (χ2n) is 8.83. The van der Waals surface area contributed by atoms with Crippen LogP contribution in [-0.4, -0.2) is 22.5 Å². The van der Waals surface area contributed by atoms with E-state index in [9.17, 15) is 4.79 Å². The summed E-state index contributed by atoms with van der Waals surface area (Å²) in [7, 11) is 0. The average Bonchev–Trinajstić information content (AvgIpc) is 2.71. The molecule has 0 saturated heterocycles. The number of rotatable bonds is 6. The predicted octanol–water partition coefficient (Wildman–Crippen LogP) is 6.63. The van der Waals surface area contributed by atoms with Crippen LogP contribution in [0.15, 0.2) is 50.8 Å². The average molecular weight is 505 g/mol. The Morgan fingerprint density at radius 1 is 1.26 bits per heavy atom. The Morgan fingerprint density at radius 2 is 2.00 bits per heavy atom. The molecule has 31 heavy (non-hydrogen) atoms.